The second kappa shape index (κ2) is 9.82. The van der Waals surface area contributed by atoms with Crippen molar-refractivity contribution in [2.75, 3.05) is 26.0 Å². The number of aromatic nitrogens is 2. The Morgan fingerprint density at radius 2 is 1.97 bits per heavy atom. The topological polar surface area (TPSA) is 104 Å². The molecule has 0 unspecified atom stereocenters. The van der Waals surface area contributed by atoms with E-state index in [4.69, 9.17) is 15.2 Å². The van der Waals surface area contributed by atoms with Crippen LogP contribution in [-0.2, 0) is 16.0 Å². The zero-order chi connectivity index (χ0) is 22.5. The standard InChI is InChI=1S/C24H28N4O4/c1-3-28(23(29)15-21-24(25)27-32-26-21)17-12-13-31-22(14-17)20-7-5-4-6-19(20)16-8-10-18(30-2)11-9-16/h4-11,17,22H,3,12-15H2,1-2H3,(H2,25,27)/t17-,22+/m0/s1. The lowest BCUT2D eigenvalue weighted by molar-refractivity contribution is -0.136. The third-order valence-electron chi connectivity index (χ3n) is 5.97. The molecule has 32 heavy (non-hydrogen) atoms. The number of nitrogens with two attached hydrogens (primary N) is 1. The first-order chi connectivity index (χ1) is 15.6. The van der Waals surface area contributed by atoms with Gasteiger partial charge in [-0.15, -0.1) is 0 Å². The van der Waals surface area contributed by atoms with Gasteiger partial charge in [-0.1, -0.05) is 41.6 Å². The van der Waals surface area contributed by atoms with Crippen LogP contribution in [0.2, 0.25) is 0 Å². The van der Waals surface area contributed by atoms with Gasteiger partial charge in [-0.2, -0.15) is 0 Å². The molecule has 2 aromatic carbocycles. The molecule has 8 heteroatoms. The summed E-state index contributed by atoms with van der Waals surface area (Å²) in [5.41, 5.74) is 9.45. The fourth-order valence-corrected chi connectivity index (χ4v) is 4.31. The Morgan fingerprint density at radius 3 is 2.66 bits per heavy atom. The highest BCUT2D eigenvalue weighted by molar-refractivity contribution is 5.79. The number of benzene rings is 2. The molecule has 1 saturated heterocycles. The Bertz CT molecular complexity index is 1050. The molecule has 1 fully saturated rings. The Labute approximate surface area is 187 Å². The van der Waals surface area contributed by atoms with Crippen molar-refractivity contribution in [3.05, 3.63) is 59.8 Å². The molecule has 0 spiro atoms. The number of amides is 1. The van der Waals surface area contributed by atoms with Gasteiger partial charge in [0.1, 0.15) is 11.4 Å². The van der Waals surface area contributed by atoms with Gasteiger partial charge in [0, 0.05) is 19.2 Å². The van der Waals surface area contributed by atoms with Crippen LogP contribution in [0.3, 0.4) is 0 Å². The predicted octanol–water partition coefficient (Wildman–Crippen LogP) is 3.64. The molecule has 0 saturated carbocycles. The molecule has 0 radical (unpaired) electrons. The lowest BCUT2D eigenvalue weighted by Gasteiger charge is -2.37. The third kappa shape index (κ3) is 4.60. The number of rotatable bonds is 7. The van der Waals surface area contributed by atoms with Crippen LogP contribution in [0.25, 0.3) is 11.1 Å². The lowest BCUT2D eigenvalue weighted by Crippen LogP contribution is -2.44. The number of nitrogen functional groups attached to an aromatic ring is 1. The molecule has 8 nitrogen and oxygen atoms in total. The maximum Gasteiger partial charge on any atom is 0.229 e. The average Bonchev–Trinajstić information content (AvgIpc) is 3.24. The number of hydrogen-bond acceptors (Lipinski definition) is 7. The maximum atomic E-state index is 13.0. The summed E-state index contributed by atoms with van der Waals surface area (Å²) in [5, 5.41) is 7.31. The first-order valence-corrected chi connectivity index (χ1v) is 10.8. The van der Waals surface area contributed by atoms with Gasteiger partial charge in [0.2, 0.25) is 5.91 Å². The summed E-state index contributed by atoms with van der Waals surface area (Å²) in [6.45, 7) is 3.17. The van der Waals surface area contributed by atoms with E-state index in [-0.39, 0.29) is 30.3 Å². The van der Waals surface area contributed by atoms with Crippen LogP contribution in [-0.4, -0.2) is 47.4 Å². The van der Waals surface area contributed by atoms with Crippen LogP contribution < -0.4 is 10.5 Å². The van der Waals surface area contributed by atoms with Crippen molar-refractivity contribution in [3.63, 3.8) is 0 Å². The van der Waals surface area contributed by atoms with Crippen molar-refractivity contribution in [1.82, 2.24) is 15.2 Å². The predicted molar refractivity (Wildman–Crippen MR) is 120 cm³/mol. The normalized spacial score (nSPS) is 18.3. The van der Waals surface area contributed by atoms with Crippen molar-refractivity contribution in [3.8, 4) is 16.9 Å². The smallest absolute Gasteiger partial charge is 0.229 e. The summed E-state index contributed by atoms with van der Waals surface area (Å²) in [5.74, 6) is 0.942. The van der Waals surface area contributed by atoms with Crippen molar-refractivity contribution < 1.29 is 18.9 Å². The Balaban J connectivity index is 1.53. The lowest BCUT2D eigenvalue weighted by atomic mass is 9.90. The molecule has 1 aromatic heterocycles. The molecule has 3 aromatic rings. The van der Waals surface area contributed by atoms with Crippen molar-refractivity contribution in [2.45, 2.75) is 38.3 Å². The van der Waals surface area contributed by atoms with Crippen LogP contribution in [0.1, 0.15) is 37.1 Å². The van der Waals surface area contributed by atoms with Gasteiger partial charge in [-0.05, 0) is 53.7 Å². The maximum absolute atomic E-state index is 13.0. The van der Waals surface area contributed by atoms with Gasteiger partial charge in [0.15, 0.2) is 5.82 Å². The summed E-state index contributed by atoms with van der Waals surface area (Å²) >= 11 is 0. The minimum atomic E-state index is -0.104. The first-order valence-electron chi connectivity index (χ1n) is 10.8. The minimum Gasteiger partial charge on any atom is -0.497 e. The van der Waals surface area contributed by atoms with Gasteiger partial charge < -0.3 is 20.1 Å². The summed E-state index contributed by atoms with van der Waals surface area (Å²) < 4.78 is 16.1. The second-order valence-corrected chi connectivity index (χ2v) is 7.81. The number of carbonyl (C=O) groups is 1. The van der Waals surface area contributed by atoms with E-state index >= 15 is 0 Å². The van der Waals surface area contributed by atoms with Gasteiger partial charge >= 0.3 is 0 Å². The van der Waals surface area contributed by atoms with Crippen molar-refractivity contribution >= 4 is 11.7 Å². The number of methoxy groups -OCH3 is 1. The molecular weight excluding hydrogens is 408 g/mol. The van der Waals surface area contributed by atoms with E-state index in [0.29, 0.717) is 18.8 Å². The monoisotopic (exact) mass is 436 g/mol. The number of hydrogen-bond donors (Lipinski definition) is 1. The Kier molecular flexibility index (Phi) is 6.70. The summed E-state index contributed by atoms with van der Waals surface area (Å²) in [4.78, 5) is 14.9. The van der Waals surface area contributed by atoms with Gasteiger partial charge in [0.25, 0.3) is 0 Å². The second-order valence-electron chi connectivity index (χ2n) is 7.81. The van der Waals surface area contributed by atoms with Crippen molar-refractivity contribution in [2.24, 2.45) is 0 Å². The molecule has 1 aliphatic rings. The molecule has 2 N–H and O–H groups in total. The van der Waals surface area contributed by atoms with Gasteiger partial charge in [-0.3, -0.25) is 4.79 Å². The highest BCUT2D eigenvalue weighted by Gasteiger charge is 2.32. The molecule has 2 atom stereocenters. The molecule has 4 rings (SSSR count). The molecule has 168 valence electrons. The largest absolute Gasteiger partial charge is 0.497 e. The van der Waals surface area contributed by atoms with Crippen LogP contribution in [0.5, 0.6) is 5.75 Å². The molecular formula is C24H28N4O4. The van der Waals surface area contributed by atoms with Gasteiger partial charge in [-0.25, -0.2) is 4.63 Å². The van der Waals surface area contributed by atoms with E-state index in [1.54, 1.807) is 7.11 Å². The van der Waals surface area contributed by atoms with Crippen LogP contribution in [0.15, 0.2) is 53.2 Å². The number of carbonyl (C=O) groups excluding carboxylic acids is 1. The SMILES string of the molecule is CCN(C(=O)Cc1nonc1N)[C@H]1CCO[C@@H](c2ccccc2-c2ccc(OC)cc2)C1. The summed E-state index contributed by atoms with van der Waals surface area (Å²) in [7, 11) is 1.66. The van der Waals surface area contributed by atoms with Crippen molar-refractivity contribution in [1.29, 1.82) is 0 Å². The average molecular weight is 437 g/mol. The molecule has 1 amide bonds. The first kappa shape index (κ1) is 21.8. The van der Waals surface area contributed by atoms with E-state index in [9.17, 15) is 4.79 Å². The molecule has 1 aliphatic heterocycles. The van der Waals surface area contributed by atoms with E-state index in [1.807, 2.05) is 36.1 Å². The Hall–Kier alpha value is -3.39. The number of anilines is 1. The quantitative estimate of drug-likeness (QED) is 0.603. The fourth-order valence-electron chi connectivity index (χ4n) is 4.31. The van der Waals surface area contributed by atoms with E-state index in [2.05, 4.69) is 39.2 Å². The van der Waals surface area contributed by atoms with Gasteiger partial charge in [0.05, 0.1) is 19.6 Å². The highest BCUT2D eigenvalue weighted by Crippen LogP contribution is 2.37. The Morgan fingerprint density at radius 1 is 1.19 bits per heavy atom. The zero-order valence-electron chi connectivity index (χ0n) is 18.4. The van der Waals surface area contributed by atoms with E-state index in [1.165, 1.54) is 0 Å². The molecule has 0 bridgehead atoms. The summed E-state index contributed by atoms with van der Waals surface area (Å²) in [6.07, 6.45) is 1.48. The molecule has 0 aliphatic carbocycles. The van der Waals surface area contributed by atoms with Crippen LogP contribution in [0.4, 0.5) is 5.82 Å². The summed E-state index contributed by atoms with van der Waals surface area (Å²) in [6, 6.07) is 16.3. The van der Waals surface area contributed by atoms with Crippen LogP contribution >= 0.6 is 0 Å². The fraction of sp³-hybridized carbons (Fsp3) is 0.375. The number of nitrogens with zero attached hydrogens (tertiary/aromatic N) is 3. The third-order valence-corrected chi connectivity index (χ3v) is 5.97. The molecule has 2 heterocycles. The number of likely N-dealkylation sites (N-methyl/N-ethyl adjacent to an activating group) is 1. The van der Waals surface area contributed by atoms with E-state index in [0.717, 1.165) is 35.3 Å². The number of ether oxygens (including phenoxy) is 2. The minimum absolute atomic E-state index is 0.0380. The van der Waals surface area contributed by atoms with E-state index < -0.39 is 0 Å². The highest BCUT2D eigenvalue weighted by atomic mass is 16.6. The zero-order valence-corrected chi connectivity index (χ0v) is 18.4. The van der Waals surface area contributed by atoms with Crippen LogP contribution in [0, 0.1) is 0 Å².